The number of nitrogens with one attached hydrogen (secondary N) is 1. The van der Waals surface area contributed by atoms with E-state index in [0.717, 1.165) is 29.3 Å². The van der Waals surface area contributed by atoms with Crippen LogP contribution < -0.4 is 10.1 Å². The van der Waals surface area contributed by atoms with Crippen molar-refractivity contribution in [1.29, 1.82) is 0 Å². The number of hydrogen-bond donors (Lipinski definition) is 1. The Morgan fingerprint density at radius 1 is 1.32 bits per heavy atom. The van der Waals surface area contributed by atoms with E-state index in [1.165, 1.54) is 12.8 Å². The number of halogens is 1. The second-order valence-electron chi connectivity index (χ2n) is 4.88. The molecule has 0 saturated heterocycles. The third-order valence-electron chi connectivity index (χ3n) is 3.59. The van der Waals surface area contributed by atoms with Crippen molar-refractivity contribution >= 4 is 17.3 Å². The summed E-state index contributed by atoms with van der Waals surface area (Å²) in [5.41, 5.74) is 0.961. The average molecular weight is 284 g/mol. The summed E-state index contributed by atoms with van der Waals surface area (Å²) in [6, 6.07) is 6.02. The highest BCUT2D eigenvalue weighted by Crippen LogP contribution is 2.31. The molecule has 0 heterocycles. The van der Waals surface area contributed by atoms with E-state index in [0.29, 0.717) is 12.6 Å². The van der Waals surface area contributed by atoms with Gasteiger partial charge in [-0.15, -0.1) is 0 Å². The smallest absolute Gasteiger partial charge is 0.142 e. The maximum absolute atomic E-state index is 6.08. The van der Waals surface area contributed by atoms with Crippen LogP contribution in [0.25, 0.3) is 0 Å². The van der Waals surface area contributed by atoms with Gasteiger partial charge in [-0.1, -0.05) is 24.4 Å². The van der Waals surface area contributed by atoms with Gasteiger partial charge in [0.25, 0.3) is 0 Å². The van der Waals surface area contributed by atoms with Crippen LogP contribution in [-0.4, -0.2) is 25.9 Å². The number of benzene rings is 1. The summed E-state index contributed by atoms with van der Waals surface area (Å²) in [5.74, 6) is 0.854. The Bertz CT molecular complexity index is 411. The van der Waals surface area contributed by atoms with Gasteiger partial charge in [0.15, 0.2) is 0 Å². The molecular formula is C15H22ClNO2. The first-order chi connectivity index (χ1) is 9.24. The molecule has 2 atom stereocenters. The van der Waals surface area contributed by atoms with Gasteiger partial charge in [0.1, 0.15) is 5.75 Å². The van der Waals surface area contributed by atoms with Gasteiger partial charge in [-0.25, -0.2) is 0 Å². The Kier molecular flexibility index (Phi) is 5.34. The summed E-state index contributed by atoms with van der Waals surface area (Å²) in [7, 11) is 1.78. The maximum Gasteiger partial charge on any atom is 0.142 e. The maximum atomic E-state index is 6.08. The molecule has 0 bridgehead atoms. The summed E-state index contributed by atoms with van der Waals surface area (Å²) in [6.07, 6.45) is 4.98. The first kappa shape index (κ1) is 14.5. The summed E-state index contributed by atoms with van der Waals surface area (Å²) in [4.78, 5) is 0. The molecule has 1 N–H and O–H groups in total. The van der Waals surface area contributed by atoms with Crippen LogP contribution in [-0.2, 0) is 4.74 Å². The lowest BCUT2D eigenvalue weighted by Crippen LogP contribution is -2.37. The minimum Gasteiger partial charge on any atom is -0.492 e. The van der Waals surface area contributed by atoms with Crippen LogP contribution >= 0.6 is 11.6 Å². The zero-order valence-corrected chi connectivity index (χ0v) is 12.4. The first-order valence-electron chi connectivity index (χ1n) is 6.96. The van der Waals surface area contributed by atoms with Crippen LogP contribution in [0.1, 0.15) is 32.6 Å². The fourth-order valence-electron chi connectivity index (χ4n) is 2.64. The van der Waals surface area contributed by atoms with Crippen molar-refractivity contribution in [3.8, 4) is 5.75 Å². The van der Waals surface area contributed by atoms with Crippen molar-refractivity contribution in [2.45, 2.75) is 44.8 Å². The molecule has 106 valence electrons. The van der Waals surface area contributed by atoms with Crippen molar-refractivity contribution in [2.24, 2.45) is 0 Å². The summed E-state index contributed by atoms with van der Waals surface area (Å²) < 4.78 is 11.2. The Balaban J connectivity index is 2.14. The van der Waals surface area contributed by atoms with Crippen LogP contribution in [0.5, 0.6) is 5.75 Å². The predicted molar refractivity (Wildman–Crippen MR) is 79.3 cm³/mol. The Morgan fingerprint density at radius 3 is 2.84 bits per heavy atom. The van der Waals surface area contributed by atoms with Gasteiger partial charge in [0.2, 0.25) is 0 Å². The molecule has 0 amide bonds. The highest BCUT2D eigenvalue weighted by atomic mass is 35.5. The molecule has 0 spiro atoms. The van der Waals surface area contributed by atoms with E-state index in [1.807, 2.05) is 25.1 Å². The number of methoxy groups -OCH3 is 1. The van der Waals surface area contributed by atoms with Gasteiger partial charge >= 0.3 is 0 Å². The molecule has 0 radical (unpaired) electrons. The highest BCUT2D eigenvalue weighted by Gasteiger charge is 2.25. The van der Waals surface area contributed by atoms with Gasteiger partial charge < -0.3 is 14.8 Å². The molecule has 0 aromatic heterocycles. The van der Waals surface area contributed by atoms with E-state index >= 15 is 0 Å². The zero-order valence-electron chi connectivity index (χ0n) is 11.6. The van der Waals surface area contributed by atoms with Gasteiger partial charge in [-0.2, -0.15) is 0 Å². The molecule has 2 unspecified atom stereocenters. The number of hydrogen-bond acceptors (Lipinski definition) is 3. The minimum absolute atomic E-state index is 0.266. The fourth-order valence-corrected chi connectivity index (χ4v) is 2.81. The highest BCUT2D eigenvalue weighted by molar-refractivity contribution is 6.30. The van der Waals surface area contributed by atoms with Crippen LogP contribution in [0.4, 0.5) is 5.69 Å². The van der Waals surface area contributed by atoms with Crippen LogP contribution in [0.15, 0.2) is 18.2 Å². The summed E-state index contributed by atoms with van der Waals surface area (Å²) >= 11 is 6.08. The van der Waals surface area contributed by atoms with E-state index in [9.17, 15) is 0 Å². The molecule has 0 aliphatic heterocycles. The second kappa shape index (κ2) is 7.01. The van der Waals surface area contributed by atoms with E-state index < -0.39 is 0 Å². The van der Waals surface area contributed by atoms with Crippen LogP contribution in [0.3, 0.4) is 0 Å². The lowest BCUT2D eigenvalue weighted by molar-refractivity contribution is 0.0605. The molecule has 1 saturated carbocycles. The first-order valence-corrected chi connectivity index (χ1v) is 7.34. The predicted octanol–water partition coefficient (Wildman–Crippen LogP) is 4.11. The standard InChI is InChI=1S/C15H22ClNO2/c1-3-19-15-9-8-11(16)10-13(15)17-12-6-4-5-7-14(12)18-2/h8-10,12,14,17H,3-7H2,1-2H3. The molecule has 2 rings (SSSR count). The van der Waals surface area contributed by atoms with Crippen molar-refractivity contribution in [3.63, 3.8) is 0 Å². The molecule has 3 nitrogen and oxygen atoms in total. The van der Waals surface area contributed by atoms with Crippen molar-refractivity contribution < 1.29 is 9.47 Å². The Morgan fingerprint density at radius 2 is 2.11 bits per heavy atom. The number of ether oxygens (including phenoxy) is 2. The van der Waals surface area contributed by atoms with E-state index in [-0.39, 0.29) is 6.10 Å². The minimum atomic E-state index is 0.266. The van der Waals surface area contributed by atoms with Gasteiger partial charge in [-0.05, 0) is 38.0 Å². The quantitative estimate of drug-likeness (QED) is 0.882. The number of anilines is 1. The zero-order chi connectivity index (χ0) is 13.7. The van der Waals surface area contributed by atoms with Crippen LogP contribution in [0, 0.1) is 0 Å². The molecule has 1 aliphatic carbocycles. The largest absolute Gasteiger partial charge is 0.492 e. The normalized spacial score (nSPS) is 23.1. The molecule has 1 fully saturated rings. The second-order valence-corrected chi connectivity index (χ2v) is 5.32. The fraction of sp³-hybridized carbons (Fsp3) is 0.600. The monoisotopic (exact) mass is 283 g/mol. The molecular weight excluding hydrogens is 262 g/mol. The Labute approximate surface area is 120 Å². The van der Waals surface area contributed by atoms with Crippen LogP contribution in [0.2, 0.25) is 5.02 Å². The number of rotatable bonds is 5. The van der Waals surface area contributed by atoms with Gasteiger partial charge in [0.05, 0.1) is 24.4 Å². The van der Waals surface area contributed by atoms with Crippen molar-refractivity contribution in [2.75, 3.05) is 19.0 Å². The molecule has 1 aliphatic rings. The van der Waals surface area contributed by atoms with Crippen molar-refractivity contribution in [1.82, 2.24) is 0 Å². The topological polar surface area (TPSA) is 30.5 Å². The van der Waals surface area contributed by atoms with E-state index in [4.69, 9.17) is 21.1 Å². The third-order valence-corrected chi connectivity index (χ3v) is 3.82. The van der Waals surface area contributed by atoms with Crippen molar-refractivity contribution in [3.05, 3.63) is 23.2 Å². The molecule has 1 aromatic carbocycles. The molecule has 4 heteroatoms. The average Bonchev–Trinajstić information content (AvgIpc) is 2.42. The van der Waals surface area contributed by atoms with E-state index in [1.54, 1.807) is 7.11 Å². The molecule has 1 aromatic rings. The summed E-state index contributed by atoms with van der Waals surface area (Å²) in [6.45, 7) is 2.63. The van der Waals surface area contributed by atoms with Gasteiger partial charge in [-0.3, -0.25) is 0 Å². The van der Waals surface area contributed by atoms with E-state index in [2.05, 4.69) is 5.32 Å². The third kappa shape index (κ3) is 3.77. The molecule has 19 heavy (non-hydrogen) atoms. The summed E-state index contributed by atoms with van der Waals surface area (Å²) in [5, 5.41) is 4.26. The lowest BCUT2D eigenvalue weighted by atomic mass is 9.92. The van der Waals surface area contributed by atoms with Gasteiger partial charge in [0, 0.05) is 12.1 Å². The Hall–Kier alpha value is -0.930. The lowest BCUT2D eigenvalue weighted by Gasteiger charge is -2.32. The SMILES string of the molecule is CCOc1ccc(Cl)cc1NC1CCCCC1OC.